The van der Waals surface area contributed by atoms with Crippen molar-refractivity contribution >= 4 is 21.9 Å². The average molecular weight is 403 g/mol. The molecule has 1 N–H and O–H groups in total. The van der Waals surface area contributed by atoms with Gasteiger partial charge in [0.15, 0.2) is 6.10 Å². The summed E-state index contributed by atoms with van der Waals surface area (Å²) in [5.41, 5.74) is 1.96. The summed E-state index contributed by atoms with van der Waals surface area (Å²) in [6.07, 6.45) is -0.752. The minimum Gasteiger partial charge on any atom is -0.507 e. The topological polar surface area (TPSA) is 85.5 Å². The third kappa shape index (κ3) is 3.88. The smallest absolute Gasteiger partial charge is 0.342 e. The molecule has 0 aliphatic heterocycles. The molecule has 3 rings (SSSR count). The number of esters is 1. The summed E-state index contributed by atoms with van der Waals surface area (Å²) in [7, 11) is 0. The number of phenols is 1. The Labute approximate surface area is 152 Å². The number of aryl methyl sites for hydroxylation is 1. The van der Waals surface area contributed by atoms with Crippen LogP contribution in [0.2, 0.25) is 0 Å². The molecule has 1 heterocycles. The average Bonchev–Trinajstić information content (AvgIpc) is 3.07. The predicted octanol–water partition coefficient (Wildman–Crippen LogP) is 4.43. The highest BCUT2D eigenvalue weighted by Crippen LogP contribution is 2.26. The number of hydrogen-bond donors (Lipinski definition) is 1. The van der Waals surface area contributed by atoms with E-state index in [-0.39, 0.29) is 17.2 Å². The highest BCUT2D eigenvalue weighted by Gasteiger charge is 2.21. The fourth-order valence-corrected chi connectivity index (χ4v) is 2.52. The van der Waals surface area contributed by atoms with Gasteiger partial charge in [-0.25, -0.2) is 4.79 Å². The number of phenolic OH excluding ortho intramolecular Hbond substituents is 1. The van der Waals surface area contributed by atoms with E-state index in [1.165, 1.54) is 12.1 Å². The zero-order chi connectivity index (χ0) is 18.0. The Morgan fingerprint density at radius 3 is 2.64 bits per heavy atom. The van der Waals surface area contributed by atoms with Gasteiger partial charge in [0.2, 0.25) is 5.89 Å². The van der Waals surface area contributed by atoms with Gasteiger partial charge in [-0.05, 0) is 44.2 Å². The van der Waals surface area contributed by atoms with Gasteiger partial charge in [0.05, 0.1) is 0 Å². The van der Waals surface area contributed by atoms with Crippen molar-refractivity contribution in [2.24, 2.45) is 0 Å². The van der Waals surface area contributed by atoms with Gasteiger partial charge in [-0.2, -0.15) is 0 Å². The minimum absolute atomic E-state index is 0.0551. The first-order valence-corrected chi connectivity index (χ1v) is 8.33. The van der Waals surface area contributed by atoms with Crippen molar-refractivity contribution in [1.82, 2.24) is 10.2 Å². The lowest BCUT2D eigenvalue weighted by Gasteiger charge is -2.10. The number of benzene rings is 2. The molecule has 0 amide bonds. The van der Waals surface area contributed by atoms with Gasteiger partial charge in [0, 0.05) is 10.0 Å². The quantitative estimate of drug-likeness (QED) is 0.649. The Balaban J connectivity index is 1.75. The maximum atomic E-state index is 12.2. The number of rotatable bonds is 4. The number of nitrogens with zero attached hydrogens (tertiary/aromatic N) is 2. The molecule has 0 bridgehead atoms. The fraction of sp³-hybridized carbons (Fsp3) is 0.167. The molecule has 0 aliphatic rings. The monoisotopic (exact) mass is 402 g/mol. The van der Waals surface area contributed by atoms with Crippen molar-refractivity contribution in [1.29, 1.82) is 0 Å². The van der Waals surface area contributed by atoms with E-state index in [0.717, 1.165) is 11.1 Å². The van der Waals surface area contributed by atoms with Crippen LogP contribution in [-0.4, -0.2) is 21.3 Å². The molecular formula is C18H15BrN2O4. The molecule has 7 heteroatoms. The third-order valence-corrected chi connectivity index (χ3v) is 4.04. The maximum Gasteiger partial charge on any atom is 0.342 e. The largest absolute Gasteiger partial charge is 0.507 e. The molecule has 0 fully saturated rings. The van der Waals surface area contributed by atoms with Crippen LogP contribution in [0.25, 0.3) is 11.5 Å². The van der Waals surface area contributed by atoms with Gasteiger partial charge in [-0.15, -0.1) is 10.2 Å². The van der Waals surface area contributed by atoms with Crippen LogP contribution in [-0.2, 0) is 4.74 Å². The number of ether oxygens (including phenoxy) is 1. The molecule has 3 aromatic rings. The van der Waals surface area contributed by atoms with Crippen LogP contribution in [0.15, 0.2) is 51.4 Å². The van der Waals surface area contributed by atoms with Crippen molar-refractivity contribution in [3.8, 4) is 17.2 Å². The van der Waals surface area contributed by atoms with Gasteiger partial charge in [-0.1, -0.05) is 33.6 Å². The van der Waals surface area contributed by atoms with E-state index >= 15 is 0 Å². The van der Waals surface area contributed by atoms with Gasteiger partial charge < -0.3 is 14.3 Å². The molecule has 1 atom stereocenters. The van der Waals surface area contributed by atoms with Gasteiger partial charge in [-0.3, -0.25) is 0 Å². The maximum absolute atomic E-state index is 12.2. The molecule has 0 unspecified atom stereocenters. The first-order chi connectivity index (χ1) is 11.9. The number of aromatic hydroxyl groups is 1. The van der Waals surface area contributed by atoms with Crippen LogP contribution in [0.3, 0.4) is 0 Å². The normalized spacial score (nSPS) is 12.0. The Hall–Kier alpha value is -2.67. The lowest BCUT2D eigenvalue weighted by atomic mass is 10.1. The molecule has 128 valence electrons. The van der Waals surface area contributed by atoms with Crippen LogP contribution in [0, 0.1) is 6.92 Å². The minimum atomic E-state index is -0.752. The van der Waals surface area contributed by atoms with E-state index < -0.39 is 12.1 Å². The van der Waals surface area contributed by atoms with Crippen LogP contribution in [0.1, 0.15) is 34.8 Å². The summed E-state index contributed by atoms with van der Waals surface area (Å²) in [6.45, 7) is 3.61. The summed E-state index contributed by atoms with van der Waals surface area (Å²) in [5.74, 6) is -0.311. The second kappa shape index (κ2) is 7.06. The van der Waals surface area contributed by atoms with Gasteiger partial charge >= 0.3 is 5.97 Å². The second-order valence-electron chi connectivity index (χ2n) is 5.52. The first kappa shape index (κ1) is 17.2. The highest BCUT2D eigenvalue weighted by molar-refractivity contribution is 9.10. The van der Waals surface area contributed by atoms with E-state index in [1.807, 2.05) is 31.2 Å². The van der Waals surface area contributed by atoms with Crippen LogP contribution >= 0.6 is 15.9 Å². The van der Waals surface area contributed by atoms with Crippen molar-refractivity contribution in [2.75, 3.05) is 0 Å². The van der Waals surface area contributed by atoms with Gasteiger partial charge in [0.1, 0.15) is 11.3 Å². The summed E-state index contributed by atoms with van der Waals surface area (Å²) in [5, 5.41) is 17.7. The molecular weight excluding hydrogens is 388 g/mol. The van der Waals surface area contributed by atoms with E-state index in [4.69, 9.17) is 9.15 Å². The number of halogens is 1. The molecule has 0 saturated heterocycles. The molecule has 6 nitrogen and oxygen atoms in total. The molecule has 2 aromatic carbocycles. The van der Waals surface area contributed by atoms with Crippen LogP contribution < -0.4 is 0 Å². The lowest BCUT2D eigenvalue weighted by Crippen LogP contribution is -2.10. The summed E-state index contributed by atoms with van der Waals surface area (Å²) < 4.78 is 11.6. The van der Waals surface area contributed by atoms with Crippen LogP contribution in [0.4, 0.5) is 0 Å². The molecule has 25 heavy (non-hydrogen) atoms. The highest BCUT2D eigenvalue weighted by atomic mass is 79.9. The molecule has 0 radical (unpaired) electrons. The number of carbonyl (C=O) groups is 1. The second-order valence-corrected chi connectivity index (χ2v) is 6.44. The van der Waals surface area contributed by atoms with E-state index in [1.54, 1.807) is 13.0 Å². The van der Waals surface area contributed by atoms with E-state index in [2.05, 4.69) is 26.1 Å². The van der Waals surface area contributed by atoms with Crippen LogP contribution in [0.5, 0.6) is 5.75 Å². The van der Waals surface area contributed by atoms with E-state index in [9.17, 15) is 9.90 Å². The summed E-state index contributed by atoms with van der Waals surface area (Å²) in [6, 6.07) is 12.2. The Morgan fingerprint density at radius 1 is 1.20 bits per heavy atom. The lowest BCUT2D eigenvalue weighted by molar-refractivity contribution is 0.0276. The molecule has 0 spiro atoms. The Kier molecular flexibility index (Phi) is 4.85. The number of hydrogen-bond acceptors (Lipinski definition) is 6. The van der Waals surface area contributed by atoms with Crippen molar-refractivity contribution in [3.05, 3.63) is 64.0 Å². The van der Waals surface area contributed by atoms with E-state index in [0.29, 0.717) is 10.4 Å². The zero-order valence-corrected chi connectivity index (χ0v) is 15.1. The zero-order valence-electron chi connectivity index (χ0n) is 13.6. The Bertz CT molecular complexity index is 906. The van der Waals surface area contributed by atoms with Crippen molar-refractivity contribution in [2.45, 2.75) is 20.0 Å². The summed E-state index contributed by atoms with van der Waals surface area (Å²) >= 11 is 3.25. The van der Waals surface area contributed by atoms with Gasteiger partial charge in [0.25, 0.3) is 5.89 Å². The standard InChI is InChI=1S/C18H15BrN2O4/c1-10-3-5-12(6-4-10)17-21-20-16(25-17)11(2)24-18(23)14-9-13(19)7-8-15(14)22/h3-9,11,22H,1-2H3/t11-/m1/s1. The Morgan fingerprint density at radius 2 is 1.92 bits per heavy atom. The number of aromatic nitrogens is 2. The van der Waals surface area contributed by atoms with Crippen molar-refractivity contribution < 1.29 is 19.1 Å². The first-order valence-electron chi connectivity index (χ1n) is 7.54. The molecule has 1 aromatic heterocycles. The predicted molar refractivity (Wildman–Crippen MR) is 94.1 cm³/mol. The SMILES string of the molecule is Cc1ccc(-c2nnc([C@@H](C)OC(=O)c3cc(Br)ccc3O)o2)cc1. The third-order valence-electron chi connectivity index (χ3n) is 3.55. The summed E-state index contributed by atoms with van der Waals surface area (Å²) in [4.78, 5) is 12.2. The molecule has 0 aliphatic carbocycles. The number of carbonyl (C=O) groups excluding carboxylic acids is 1. The van der Waals surface area contributed by atoms with Crippen molar-refractivity contribution in [3.63, 3.8) is 0 Å². The molecule has 0 saturated carbocycles. The fourth-order valence-electron chi connectivity index (χ4n) is 2.16.